The molecule has 138 valence electrons. The molecule has 2 aromatic carbocycles. The first kappa shape index (κ1) is 17.5. The first-order chi connectivity index (χ1) is 12.6. The second-order valence-electron chi connectivity index (χ2n) is 7.69. The van der Waals surface area contributed by atoms with Crippen molar-refractivity contribution in [1.82, 2.24) is 4.90 Å². The quantitative estimate of drug-likeness (QED) is 0.890. The van der Waals surface area contributed by atoms with E-state index in [2.05, 4.69) is 29.2 Å². The number of methoxy groups -OCH3 is 1. The van der Waals surface area contributed by atoms with Crippen LogP contribution in [-0.2, 0) is 12.1 Å². The standard InChI is InChI=1S/C22H26FNO2/c1-26-21-11-10-17(12-20(21)23)22(25)13-18-8-5-9-19(14-22)24(18)15-16-6-3-2-4-7-16/h2-4,6-7,10-12,18-19,25H,5,8-9,13-15H2,1H3. The van der Waals surface area contributed by atoms with Crippen LogP contribution >= 0.6 is 0 Å². The minimum Gasteiger partial charge on any atom is -0.494 e. The van der Waals surface area contributed by atoms with Crippen LogP contribution in [0, 0.1) is 5.82 Å². The van der Waals surface area contributed by atoms with E-state index >= 15 is 0 Å². The highest BCUT2D eigenvalue weighted by Gasteiger charge is 2.46. The molecule has 2 aliphatic heterocycles. The summed E-state index contributed by atoms with van der Waals surface area (Å²) >= 11 is 0. The van der Waals surface area contributed by atoms with Gasteiger partial charge in [-0.2, -0.15) is 0 Å². The van der Waals surface area contributed by atoms with Crippen molar-refractivity contribution in [1.29, 1.82) is 0 Å². The van der Waals surface area contributed by atoms with E-state index in [0.29, 0.717) is 30.5 Å². The number of hydrogen-bond acceptors (Lipinski definition) is 3. The summed E-state index contributed by atoms with van der Waals surface area (Å²) in [5.74, 6) is -0.186. The lowest BCUT2D eigenvalue weighted by Gasteiger charge is -2.52. The fourth-order valence-electron chi connectivity index (χ4n) is 4.76. The Morgan fingerprint density at radius 2 is 1.81 bits per heavy atom. The Labute approximate surface area is 154 Å². The topological polar surface area (TPSA) is 32.7 Å². The van der Waals surface area contributed by atoms with Gasteiger partial charge in [0.1, 0.15) is 0 Å². The highest BCUT2D eigenvalue weighted by atomic mass is 19.1. The molecule has 0 radical (unpaired) electrons. The average molecular weight is 355 g/mol. The molecule has 4 heteroatoms. The van der Waals surface area contributed by atoms with Crippen LogP contribution in [-0.4, -0.2) is 29.2 Å². The molecule has 3 nitrogen and oxygen atoms in total. The third kappa shape index (κ3) is 3.24. The van der Waals surface area contributed by atoms with Crippen molar-refractivity contribution in [2.75, 3.05) is 7.11 Å². The lowest BCUT2D eigenvalue weighted by molar-refractivity contribution is -0.100. The Morgan fingerprint density at radius 3 is 2.42 bits per heavy atom. The summed E-state index contributed by atoms with van der Waals surface area (Å²) in [6.45, 7) is 0.920. The number of piperidine rings is 2. The molecule has 26 heavy (non-hydrogen) atoms. The van der Waals surface area contributed by atoms with E-state index in [1.165, 1.54) is 25.2 Å². The summed E-state index contributed by atoms with van der Waals surface area (Å²) in [6, 6.07) is 16.1. The van der Waals surface area contributed by atoms with E-state index in [0.717, 1.165) is 19.4 Å². The minimum atomic E-state index is -0.962. The molecule has 2 fully saturated rings. The fourth-order valence-corrected chi connectivity index (χ4v) is 4.76. The van der Waals surface area contributed by atoms with Gasteiger partial charge in [0.2, 0.25) is 0 Å². The van der Waals surface area contributed by atoms with Crippen LogP contribution in [0.3, 0.4) is 0 Å². The van der Waals surface area contributed by atoms with Gasteiger partial charge in [-0.1, -0.05) is 42.8 Å². The highest BCUT2D eigenvalue weighted by Crippen LogP contribution is 2.45. The predicted molar refractivity (Wildman–Crippen MR) is 99.5 cm³/mol. The Hall–Kier alpha value is -1.91. The smallest absolute Gasteiger partial charge is 0.165 e. The van der Waals surface area contributed by atoms with E-state index in [1.54, 1.807) is 6.07 Å². The van der Waals surface area contributed by atoms with Crippen molar-refractivity contribution >= 4 is 0 Å². The maximum Gasteiger partial charge on any atom is 0.165 e. The van der Waals surface area contributed by atoms with Crippen LogP contribution in [0.25, 0.3) is 0 Å². The van der Waals surface area contributed by atoms with Gasteiger partial charge in [0.25, 0.3) is 0 Å². The number of rotatable bonds is 4. The zero-order valence-corrected chi connectivity index (χ0v) is 15.2. The lowest BCUT2D eigenvalue weighted by atomic mass is 9.72. The molecule has 0 saturated carbocycles. The van der Waals surface area contributed by atoms with Gasteiger partial charge < -0.3 is 9.84 Å². The van der Waals surface area contributed by atoms with E-state index < -0.39 is 11.4 Å². The first-order valence-corrected chi connectivity index (χ1v) is 9.45. The van der Waals surface area contributed by atoms with Gasteiger partial charge >= 0.3 is 0 Å². The molecular formula is C22H26FNO2. The summed E-state index contributed by atoms with van der Waals surface area (Å²) < 4.78 is 19.2. The van der Waals surface area contributed by atoms with Crippen molar-refractivity contribution in [2.24, 2.45) is 0 Å². The highest BCUT2D eigenvalue weighted by molar-refractivity contribution is 5.33. The molecule has 0 aliphatic carbocycles. The van der Waals surface area contributed by atoms with Crippen molar-refractivity contribution in [3.8, 4) is 5.75 Å². The predicted octanol–water partition coefficient (Wildman–Crippen LogP) is 4.24. The number of benzene rings is 2. The van der Waals surface area contributed by atoms with E-state index in [4.69, 9.17) is 4.74 Å². The van der Waals surface area contributed by atoms with Crippen LogP contribution in [0.15, 0.2) is 48.5 Å². The average Bonchev–Trinajstić information content (AvgIpc) is 2.63. The van der Waals surface area contributed by atoms with E-state index in [1.807, 2.05) is 12.1 Å². The van der Waals surface area contributed by atoms with Gasteiger partial charge in [-0.25, -0.2) is 4.39 Å². The van der Waals surface area contributed by atoms with Crippen LogP contribution in [0.5, 0.6) is 5.75 Å². The molecule has 2 unspecified atom stereocenters. The molecule has 2 heterocycles. The Bertz CT molecular complexity index is 750. The van der Waals surface area contributed by atoms with Crippen LogP contribution in [0.2, 0.25) is 0 Å². The van der Waals surface area contributed by atoms with E-state index in [9.17, 15) is 9.50 Å². The molecule has 2 bridgehead atoms. The molecule has 0 spiro atoms. The van der Waals surface area contributed by atoms with Crippen molar-refractivity contribution in [3.63, 3.8) is 0 Å². The van der Waals surface area contributed by atoms with Crippen molar-refractivity contribution in [2.45, 2.75) is 56.3 Å². The van der Waals surface area contributed by atoms with Gasteiger partial charge in [0.05, 0.1) is 12.7 Å². The van der Waals surface area contributed by atoms with Gasteiger partial charge in [-0.05, 0) is 48.9 Å². The maximum atomic E-state index is 14.2. The molecule has 1 N–H and O–H groups in total. The summed E-state index contributed by atoms with van der Waals surface area (Å²) in [5.41, 5.74) is 1.02. The lowest BCUT2D eigenvalue weighted by Crippen LogP contribution is -2.56. The fraction of sp³-hybridized carbons (Fsp3) is 0.455. The minimum absolute atomic E-state index is 0.221. The van der Waals surface area contributed by atoms with Crippen molar-refractivity contribution in [3.05, 3.63) is 65.5 Å². The van der Waals surface area contributed by atoms with Gasteiger partial charge in [-0.15, -0.1) is 0 Å². The maximum absolute atomic E-state index is 14.2. The van der Waals surface area contributed by atoms with Crippen LogP contribution in [0.4, 0.5) is 4.39 Å². The van der Waals surface area contributed by atoms with Gasteiger partial charge in [0, 0.05) is 18.6 Å². The molecule has 2 aliphatic rings. The number of halogens is 1. The normalized spacial score (nSPS) is 28.7. The van der Waals surface area contributed by atoms with Gasteiger partial charge in [-0.3, -0.25) is 4.90 Å². The molecule has 2 aromatic rings. The number of aliphatic hydroxyl groups is 1. The van der Waals surface area contributed by atoms with Gasteiger partial charge in [0.15, 0.2) is 11.6 Å². The number of ether oxygens (including phenoxy) is 1. The monoisotopic (exact) mass is 355 g/mol. The number of hydrogen-bond donors (Lipinski definition) is 1. The zero-order valence-electron chi connectivity index (χ0n) is 15.2. The first-order valence-electron chi connectivity index (χ1n) is 9.45. The SMILES string of the molecule is COc1ccc(C2(O)CC3CCCC(C2)N3Cc2ccccc2)cc1F. The molecule has 4 rings (SSSR count). The summed E-state index contributed by atoms with van der Waals surface area (Å²) in [5, 5.41) is 11.4. The van der Waals surface area contributed by atoms with Crippen molar-refractivity contribution < 1.29 is 14.2 Å². The molecular weight excluding hydrogens is 329 g/mol. The van der Waals surface area contributed by atoms with Crippen LogP contribution in [0.1, 0.15) is 43.2 Å². The molecule has 2 atom stereocenters. The Kier molecular flexibility index (Phi) is 4.72. The zero-order chi connectivity index (χ0) is 18.1. The number of nitrogens with zero attached hydrogens (tertiary/aromatic N) is 1. The summed E-state index contributed by atoms with van der Waals surface area (Å²) in [6.07, 6.45) is 4.69. The Morgan fingerprint density at radius 1 is 1.12 bits per heavy atom. The molecule has 0 amide bonds. The third-order valence-corrected chi connectivity index (χ3v) is 6.06. The van der Waals surface area contributed by atoms with Crippen LogP contribution < -0.4 is 4.74 Å². The van der Waals surface area contributed by atoms with E-state index in [-0.39, 0.29) is 5.75 Å². The third-order valence-electron chi connectivity index (χ3n) is 6.06. The molecule has 2 saturated heterocycles. The summed E-state index contributed by atoms with van der Waals surface area (Å²) in [7, 11) is 1.46. The number of fused-ring (bicyclic) bond motifs is 2. The second-order valence-corrected chi connectivity index (χ2v) is 7.69. The second kappa shape index (κ2) is 7.01. The Balaban J connectivity index is 1.58. The summed E-state index contributed by atoms with van der Waals surface area (Å²) in [4.78, 5) is 2.55. The largest absolute Gasteiger partial charge is 0.494 e. The molecule has 0 aromatic heterocycles.